The van der Waals surface area contributed by atoms with Crippen molar-refractivity contribution < 1.29 is 5.11 Å². The zero-order chi connectivity index (χ0) is 19.8. The standard InChI is InChI=1S/C23H18N4O2/c28-20-13-7-5-11-18(20)21-24-25-23-26(15-14-16-8-2-1-3-9-16)22(29)17-10-4-6-12-19(17)27(21)23/h1-13,28H,14-15H2. The molecule has 142 valence electrons. The number of nitrogens with zero attached hydrogens (tertiary/aromatic N) is 4. The van der Waals surface area contributed by atoms with Crippen LogP contribution in [0.1, 0.15) is 5.56 Å². The summed E-state index contributed by atoms with van der Waals surface area (Å²) in [5.74, 6) is 1.08. The largest absolute Gasteiger partial charge is 0.507 e. The molecule has 29 heavy (non-hydrogen) atoms. The Hall–Kier alpha value is -3.93. The SMILES string of the molecule is O=c1c2ccccc2n2c(-c3ccccc3O)nnc2n1CCc1ccccc1. The number of aromatic hydroxyl groups is 1. The number of hydrogen-bond donors (Lipinski definition) is 1. The number of fused-ring (bicyclic) bond motifs is 3. The molecule has 2 heterocycles. The van der Waals surface area contributed by atoms with Gasteiger partial charge in [-0.3, -0.25) is 13.8 Å². The van der Waals surface area contributed by atoms with Crippen LogP contribution in [-0.4, -0.2) is 24.3 Å². The van der Waals surface area contributed by atoms with Crippen LogP contribution in [0.4, 0.5) is 0 Å². The van der Waals surface area contributed by atoms with Crippen LogP contribution >= 0.6 is 0 Å². The van der Waals surface area contributed by atoms with E-state index >= 15 is 0 Å². The lowest BCUT2D eigenvalue weighted by Crippen LogP contribution is -2.24. The molecular weight excluding hydrogens is 364 g/mol. The fourth-order valence-corrected chi connectivity index (χ4v) is 3.68. The Balaban J connectivity index is 1.76. The van der Waals surface area contributed by atoms with Gasteiger partial charge < -0.3 is 5.11 Å². The summed E-state index contributed by atoms with van der Waals surface area (Å²) >= 11 is 0. The first-order chi connectivity index (χ1) is 14.2. The minimum Gasteiger partial charge on any atom is -0.507 e. The third kappa shape index (κ3) is 2.86. The molecule has 1 N–H and O–H groups in total. The fraction of sp³-hybridized carbons (Fsp3) is 0.0870. The van der Waals surface area contributed by atoms with Crippen molar-refractivity contribution in [3.63, 3.8) is 0 Å². The van der Waals surface area contributed by atoms with Crippen LogP contribution in [0.2, 0.25) is 0 Å². The number of para-hydroxylation sites is 2. The van der Waals surface area contributed by atoms with Crippen LogP contribution in [0.25, 0.3) is 28.1 Å². The Morgan fingerprint density at radius 1 is 0.828 bits per heavy atom. The lowest BCUT2D eigenvalue weighted by Gasteiger charge is -2.12. The molecule has 0 fully saturated rings. The van der Waals surface area contributed by atoms with Gasteiger partial charge in [0.1, 0.15) is 5.75 Å². The van der Waals surface area contributed by atoms with Crippen molar-refractivity contribution in [1.82, 2.24) is 19.2 Å². The van der Waals surface area contributed by atoms with Crippen molar-refractivity contribution in [2.45, 2.75) is 13.0 Å². The lowest BCUT2D eigenvalue weighted by atomic mass is 10.1. The molecule has 0 radical (unpaired) electrons. The second-order valence-electron chi connectivity index (χ2n) is 6.89. The van der Waals surface area contributed by atoms with E-state index in [2.05, 4.69) is 10.2 Å². The molecule has 2 aromatic heterocycles. The number of aryl methyl sites for hydroxylation is 2. The molecular formula is C23H18N4O2. The van der Waals surface area contributed by atoms with Gasteiger partial charge in [-0.2, -0.15) is 0 Å². The van der Waals surface area contributed by atoms with Gasteiger partial charge in [0.05, 0.1) is 16.5 Å². The van der Waals surface area contributed by atoms with Gasteiger partial charge >= 0.3 is 0 Å². The molecule has 6 nitrogen and oxygen atoms in total. The Kier molecular flexibility index (Phi) is 4.09. The van der Waals surface area contributed by atoms with Crippen molar-refractivity contribution >= 4 is 16.7 Å². The summed E-state index contributed by atoms with van der Waals surface area (Å²) in [6, 6.07) is 24.4. The Morgan fingerprint density at radius 2 is 1.55 bits per heavy atom. The topological polar surface area (TPSA) is 72.4 Å². The summed E-state index contributed by atoms with van der Waals surface area (Å²) in [5.41, 5.74) is 2.33. The maximum atomic E-state index is 13.2. The maximum absolute atomic E-state index is 13.2. The third-order valence-electron chi connectivity index (χ3n) is 5.12. The highest BCUT2D eigenvalue weighted by Crippen LogP contribution is 2.29. The predicted octanol–water partition coefficient (Wildman–Crippen LogP) is 3.66. The van der Waals surface area contributed by atoms with Crippen LogP contribution in [0.3, 0.4) is 0 Å². The lowest BCUT2D eigenvalue weighted by molar-refractivity contribution is 0.477. The molecule has 0 bridgehead atoms. The van der Waals surface area contributed by atoms with E-state index < -0.39 is 0 Å². The molecule has 0 aliphatic carbocycles. The van der Waals surface area contributed by atoms with Crippen LogP contribution in [0.5, 0.6) is 5.75 Å². The first kappa shape index (κ1) is 17.2. The van der Waals surface area contributed by atoms with Gasteiger partial charge in [-0.15, -0.1) is 10.2 Å². The van der Waals surface area contributed by atoms with Gasteiger partial charge in [-0.1, -0.05) is 54.6 Å². The number of aromatic nitrogens is 4. The molecule has 5 rings (SSSR count). The van der Waals surface area contributed by atoms with Crippen molar-refractivity contribution in [3.8, 4) is 17.1 Å². The molecule has 0 unspecified atom stereocenters. The van der Waals surface area contributed by atoms with Gasteiger partial charge in [-0.05, 0) is 36.2 Å². The molecule has 5 aromatic rings. The second-order valence-corrected chi connectivity index (χ2v) is 6.89. The van der Waals surface area contributed by atoms with E-state index in [0.29, 0.717) is 41.0 Å². The first-order valence-electron chi connectivity index (χ1n) is 9.43. The summed E-state index contributed by atoms with van der Waals surface area (Å²) in [7, 11) is 0. The maximum Gasteiger partial charge on any atom is 0.262 e. The molecule has 0 saturated heterocycles. The first-order valence-corrected chi connectivity index (χ1v) is 9.43. The molecule has 0 atom stereocenters. The summed E-state index contributed by atoms with van der Waals surface area (Å²) in [5, 5.41) is 19.6. The molecule has 0 aliphatic heterocycles. The molecule has 0 saturated carbocycles. The summed E-state index contributed by atoms with van der Waals surface area (Å²) in [6.45, 7) is 0.482. The number of phenols is 1. The summed E-state index contributed by atoms with van der Waals surface area (Å²) in [6.07, 6.45) is 0.702. The van der Waals surface area contributed by atoms with Gasteiger partial charge in [0, 0.05) is 6.54 Å². The number of rotatable bonds is 4. The van der Waals surface area contributed by atoms with E-state index in [1.807, 2.05) is 65.1 Å². The Morgan fingerprint density at radius 3 is 2.38 bits per heavy atom. The third-order valence-corrected chi connectivity index (χ3v) is 5.12. The summed E-state index contributed by atoms with van der Waals surface area (Å²) < 4.78 is 3.50. The molecule has 3 aromatic carbocycles. The van der Waals surface area contributed by atoms with Crippen LogP contribution in [0.15, 0.2) is 83.7 Å². The van der Waals surface area contributed by atoms with Crippen LogP contribution in [0, 0.1) is 0 Å². The van der Waals surface area contributed by atoms with E-state index in [4.69, 9.17) is 0 Å². The van der Waals surface area contributed by atoms with Gasteiger partial charge in [0.25, 0.3) is 5.56 Å². The van der Waals surface area contributed by atoms with E-state index in [0.717, 1.165) is 5.56 Å². The molecule has 0 aliphatic rings. The van der Waals surface area contributed by atoms with Crippen LogP contribution < -0.4 is 5.56 Å². The van der Waals surface area contributed by atoms with Gasteiger partial charge in [0.2, 0.25) is 5.78 Å². The Bertz CT molecular complexity index is 1390. The van der Waals surface area contributed by atoms with E-state index in [1.54, 1.807) is 22.8 Å². The zero-order valence-electron chi connectivity index (χ0n) is 15.6. The fourth-order valence-electron chi connectivity index (χ4n) is 3.68. The average molecular weight is 382 g/mol. The smallest absolute Gasteiger partial charge is 0.262 e. The van der Waals surface area contributed by atoms with Gasteiger partial charge in [-0.25, -0.2) is 0 Å². The van der Waals surface area contributed by atoms with Gasteiger partial charge in [0.15, 0.2) is 5.82 Å². The normalized spacial score (nSPS) is 11.3. The minimum absolute atomic E-state index is 0.0970. The van der Waals surface area contributed by atoms with Crippen molar-refractivity contribution in [1.29, 1.82) is 0 Å². The number of hydrogen-bond acceptors (Lipinski definition) is 4. The van der Waals surface area contributed by atoms with E-state index in [-0.39, 0.29) is 11.3 Å². The Labute approximate surface area is 166 Å². The molecule has 0 amide bonds. The van der Waals surface area contributed by atoms with Crippen molar-refractivity contribution in [2.24, 2.45) is 0 Å². The number of phenolic OH excluding ortho intramolecular Hbond substituents is 1. The van der Waals surface area contributed by atoms with E-state index in [9.17, 15) is 9.90 Å². The molecule has 6 heteroatoms. The van der Waals surface area contributed by atoms with Crippen LogP contribution in [-0.2, 0) is 13.0 Å². The minimum atomic E-state index is -0.0970. The summed E-state index contributed by atoms with van der Waals surface area (Å²) in [4.78, 5) is 13.2. The quantitative estimate of drug-likeness (QED) is 0.515. The highest BCUT2D eigenvalue weighted by molar-refractivity contribution is 5.83. The van der Waals surface area contributed by atoms with Crippen molar-refractivity contribution in [2.75, 3.05) is 0 Å². The number of benzene rings is 3. The second kappa shape index (κ2) is 6.91. The molecule has 0 spiro atoms. The highest BCUT2D eigenvalue weighted by Gasteiger charge is 2.18. The highest BCUT2D eigenvalue weighted by atomic mass is 16.3. The monoisotopic (exact) mass is 382 g/mol. The van der Waals surface area contributed by atoms with E-state index in [1.165, 1.54) is 0 Å². The average Bonchev–Trinajstić information content (AvgIpc) is 3.20. The van der Waals surface area contributed by atoms with Crippen molar-refractivity contribution in [3.05, 3.63) is 94.8 Å². The predicted molar refractivity (Wildman–Crippen MR) is 112 cm³/mol. The zero-order valence-corrected chi connectivity index (χ0v) is 15.6.